The van der Waals surface area contributed by atoms with Crippen LogP contribution in [0.4, 0.5) is 13.2 Å². The van der Waals surface area contributed by atoms with Gasteiger partial charge in [-0.25, -0.2) is 13.2 Å². The lowest BCUT2D eigenvalue weighted by molar-refractivity contribution is 0.487. The molecule has 2 rings (SSSR count). The molecule has 1 aromatic heterocycles. The molecule has 1 nitrogen and oxygen atoms in total. The monoisotopic (exact) mass is 291 g/mol. The maximum absolute atomic E-state index is 13.3. The number of nitrogens with one attached hydrogen (secondary N) is 1. The van der Waals surface area contributed by atoms with Gasteiger partial charge in [-0.3, -0.25) is 0 Å². The summed E-state index contributed by atoms with van der Waals surface area (Å²) in [4.78, 5) is 0.989. The molecule has 2 aromatic rings. The van der Waals surface area contributed by atoms with E-state index in [0.717, 1.165) is 10.9 Å². The van der Waals surface area contributed by atoms with Crippen LogP contribution in [0.15, 0.2) is 24.3 Å². The Kier molecular flexibility index (Phi) is 4.27. The second-order valence-electron chi connectivity index (χ2n) is 3.67. The first-order valence-electron chi connectivity index (χ1n) is 5.14. The molecule has 96 valence electrons. The van der Waals surface area contributed by atoms with Crippen LogP contribution in [0, 0.1) is 17.5 Å². The number of benzene rings is 1. The van der Waals surface area contributed by atoms with E-state index >= 15 is 0 Å². The first kappa shape index (κ1) is 13.4. The van der Waals surface area contributed by atoms with Crippen molar-refractivity contribution in [3.05, 3.63) is 56.5 Å². The van der Waals surface area contributed by atoms with Crippen molar-refractivity contribution in [2.45, 2.75) is 13.1 Å². The zero-order chi connectivity index (χ0) is 13.1. The second kappa shape index (κ2) is 5.73. The van der Waals surface area contributed by atoms with E-state index in [1.807, 2.05) is 6.07 Å². The van der Waals surface area contributed by atoms with Gasteiger partial charge in [0.15, 0.2) is 11.6 Å². The van der Waals surface area contributed by atoms with Gasteiger partial charge >= 0.3 is 0 Å². The average molecular weight is 292 g/mol. The highest BCUT2D eigenvalue weighted by molar-refractivity contribution is 7.16. The van der Waals surface area contributed by atoms with Crippen LogP contribution in [0.25, 0.3) is 0 Å². The minimum Gasteiger partial charge on any atom is -0.308 e. The number of thiophene rings is 1. The van der Waals surface area contributed by atoms with Crippen molar-refractivity contribution in [2.75, 3.05) is 0 Å². The summed E-state index contributed by atoms with van der Waals surface area (Å²) in [6.45, 7) is 0.619. The van der Waals surface area contributed by atoms with Crippen LogP contribution in [-0.4, -0.2) is 0 Å². The topological polar surface area (TPSA) is 12.0 Å². The fraction of sp³-hybridized carbons (Fsp3) is 0.167. The molecule has 0 aliphatic rings. The molecule has 0 saturated carbocycles. The van der Waals surface area contributed by atoms with E-state index in [9.17, 15) is 13.2 Å². The van der Waals surface area contributed by atoms with Crippen LogP contribution in [0.3, 0.4) is 0 Å². The Morgan fingerprint density at radius 2 is 1.72 bits per heavy atom. The van der Waals surface area contributed by atoms with Gasteiger partial charge in [-0.15, -0.1) is 11.3 Å². The summed E-state index contributed by atoms with van der Waals surface area (Å²) in [6.07, 6.45) is 0. The summed E-state index contributed by atoms with van der Waals surface area (Å²) in [7, 11) is 0. The van der Waals surface area contributed by atoms with Gasteiger partial charge in [-0.05, 0) is 18.2 Å². The Hall–Kier alpha value is -1.04. The number of hydrogen-bond acceptors (Lipinski definition) is 2. The van der Waals surface area contributed by atoms with E-state index in [-0.39, 0.29) is 12.1 Å². The second-order valence-corrected chi connectivity index (χ2v) is 5.47. The molecule has 6 heteroatoms. The molecular weight excluding hydrogens is 283 g/mol. The largest absolute Gasteiger partial charge is 0.308 e. The molecule has 1 N–H and O–H groups in total. The minimum absolute atomic E-state index is 0.0940. The summed E-state index contributed by atoms with van der Waals surface area (Å²) in [5.41, 5.74) is 0.0940. The number of hydrogen-bond donors (Lipinski definition) is 1. The number of rotatable bonds is 4. The highest BCUT2D eigenvalue weighted by Crippen LogP contribution is 2.21. The highest BCUT2D eigenvalue weighted by atomic mass is 35.5. The van der Waals surface area contributed by atoms with E-state index in [4.69, 9.17) is 11.6 Å². The van der Waals surface area contributed by atoms with Crippen molar-refractivity contribution in [1.82, 2.24) is 5.32 Å². The summed E-state index contributed by atoms with van der Waals surface area (Å²) < 4.78 is 39.6. The molecule has 1 aromatic carbocycles. The number of halogens is 4. The summed E-state index contributed by atoms with van der Waals surface area (Å²) in [5, 5.41) is 2.94. The van der Waals surface area contributed by atoms with Crippen LogP contribution in [0.1, 0.15) is 10.4 Å². The Labute approximate surface area is 111 Å². The third-order valence-corrected chi connectivity index (χ3v) is 3.56. The first-order valence-corrected chi connectivity index (χ1v) is 6.34. The van der Waals surface area contributed by atoms with Crippen molar-refractivity contribution >= 4 is 22.9 Å². The van der Waals surface area contributed by atoms with Gasteiger partial charge in [0.1, 0.15) is 5.82 Å². The van der Waals surface area contributed by atoms with Crippen molar-refractivity contribution in [2.24, 2.45) is 0 Å². The van der Waals surface area contributed by atoms with Crippen molar-refractivity contribution in [3.8, 4) is 0 Å². The summed E-state index contributed by atoms with van der Waals surface area (Å²) in [6, 6.07) is 5.02. The summed E-state index contributed by atoms with van der Waals surface area (Å²) in [5.74, 6) is -2.99. The molecule has 0 atom stereocenters. The van der Waals surface area contributed by atoms with Crippen LogP contribution in [-0.2, 0) is 13.1 Å². The first-order chi connectivity index (χ1) is 8.56. The van der Waals surface area contributed by atoms with Gasteiger partial charge in [0.2, 0.25) is 0 Å². The van der Waals surface area contributed by atoms with Crippen molar-refractivity contribution in [1.29, 1.82) is 0 Å². The third-order valence-electron chi connectivity index (χ3n) is 2.33. The SMILES string of the molecule is Fc1cc(F)c(CNCc2ccc(Cl)s2)cc1F. The third kappa shape index (κ3) is 3.25. The van der Waals surface area contributed by atoms with E-state index < -0.39 is 17.5 Å². The van der Waals surface area contributed by atoms with Crippen LogP contribution in [0.5, 0.6) is 0 Å². The van der Waals surface area contributed by atoms with Crippen LogP contribution in [0.2, 0.25) is 4.34 Å². The Bertz CT molecular complexity index is 556. The molecule has 18 heavy (non-hydrogen) atoms. The molecule has 0 unspecified atom stereocenters. The molecule has 0 aliphatic heterocycles. The molecule has 0 fully saturated rings. The van der Waals surface area contributed by atoms with E-state index in [0.29, 0.717) is 16.9 Å². The maximum atomic E-state index is 13.3. The fourth-order valence-electron chi connectivity index (χ4n) is 1.47. The average Bonchev–Trinajstić information content (AvgIpc) is 2.71. The lowest BCUT2D eigenvalue weighted by atomic mass is 10.2. The molecule has 0 aliphatic carbocycles. The summed E-state index contributed by atoms with van der Waals surface area (Å²) >= 11 is 7.17. The predicted octanol–water partition coefficient (Wildman–Crippen LogP) is 4.11. The molecule has 0 amide bonds. The van der Waals surface area contributed by atoms with Gasteiger partial charge in [0.05, 0.1) is 4.34 Å². The lowest BCUT2D eigenvalue weighted by Gasteiger charge is -2.05. The van der Waals surface area contributed by atoms with E-state index in [2.05, 4.69) is 5.32 Å². The van der Waals surface area contributed by atoms with E-state index in [1.165, 1.54) is 11.3 Å². The van der Waals surface area contributed by atoms with Gasteiger partial charge < -0.3 is 5.32 Å². The molecule has 0 spiro atoms. The maximum Gasteiger partial charge on any atom is 0.161 e. The molecule has 0 bridgehead atoms. The van der Waals surface area contributed by atoms with Gasteiger partial charge in [0.25, 0.3) is 0 Å². The van der Waals surface area contributed by atoms with Crippen molar-refractivity contribution in [3.63, 3.8) is 0 Å². The smallest absolute Gasteiger partial charge is 0.161 e. The molecule has 1 heterocycles. The minimum atomic E-state index is -1.18. The van der Waals surface area contributed by atoms with E-state index in [1.54, 1.807) is 6.07 Å². The molecule has 0 saturated heterocycles. The Morgan fingerprint density at radius 1 is 1.00 bits per heavy atom. The standard InChI is InChI=1S/C12H9ClF3NS/c13-12-2-1-8(18-12)6-17-5-7-3-10(15)11(16)4-9(7)14/h1-4,17H,5-6H2. The van der Waals surface area contributed by atoms with Gasteiger partial charge in [-0.1, -0.05) is 11.6 Å². The van der Waals surface area contributed by atoms with Crippen LogP contribution < -0.4 is 5.32 Å². The zero-order valence-corrected chi connectivity index (χ0v) is 10.7. The fourth-order valence-corrected chi connectivity index (χ4v) is 2.52. The lowest BCUT2D eigenvalue weighted by Crippen LogP contribution is -2.13. The Balaban J connectivity index is 1.96. The highest BCUT2D eigenvalue weighted by Gasteiger charge is 2.09. The van der Waals surface area contributed by atoms with Gasteiger partial charge in [-0.2, -0.15) is 0 Å². The van der Waals surface area contributed by atoms with Crippen LogP contribution >= 0.6 is 22.9 Å². The molecular formula is C12H9ClF3NS. The van der Waals surface area contributed by atoms with Crippen molar-refractivity contribution < 1.29 is 13.2 Å². The quantitative estimate of drug-likeness (QED) is 0.836. The zero-order valence-electron chi connectivity index (χ0n) is 9.14. The Morgan fingerprint density at radius 3 is 2.39 bits per heavy atom. The predicted molar refractivity (Wildman–Crippen MR) is 66.2 cm³/mol. The normalized spacial score (nSPS) is 10.9. The van der Waals surface area contributed by atoms with Gasteiger partial charge in [0, 0.05) is 29.6 Å². The molecule has 0 radical (unpaired) electrons.